The Balaban J connectivity index is 1.71. The summed E-state index contributed by atoms with van der Waals surface area (Å²) in [6, 6.07) is 10.9. The van der Waals surface area contributed by atoms with Crippen molar-refractivity contribution < 1.29 is 0 Å². The van der Waals surface area contributed by atoms with Crippen LogP contribution in [0.5, 0.6) is 0 Å². The van der Waals surface area contributed by atoms with Gasteiger partial charge in [0, 0.05) is 32.0 Å². The van der Waals surface area contributed by atoms with E-state index in [0.717, 1.165) is 32.6 Å². The van der Waals surface area contributed by atoms with Crippen molar-refractivity contribution in [3.8, 4) is 0 Å². The van der Waals surface area contributed by atoms with Crippen LogP contribution in [0.25, 0.3) is 0 Å². The maximum absolute atomic E-state index is 4.07. The Bertz CT molecular complexity index is 566. The van der Waals surface area contributed by atoms with Crippen LogP contribution in [0.3, 0.4) is 0 Å². The zero-order chi connectivity index (χ0) is 13.8. The van der Waals surface area contributed by atoms with Gasteiger partial charge in [-0.2, -0.15) is 0 Å². The molecule has 1 aromatic carbocycles. The van der Waals surface area contributed by atoms with E-state index in [0.29, 0.717) is 0 Å². The average Bonchev–Trinajstić information content (AvgIpc) is 2.48. The van der Waals surface area contributed by atoms with Crippen LogP contribution in [0, 0.1) is 0 Å². The van der Waals surface area contributed by atoms with Crippen molar-refractivity contribution in [2.24, 2.45) is 0 Å². The molecule has 0 amide bonds. The summed E-state index contributed by atoms with van der Waals surface area (Å²) in [5, 5.41) is 3.44. The smallest absolute Gasteiger partial charge is 0.0271 e. The summed E-state index contributed by atoms with van der Waals surface area (Å²) >= 11 is 0. The molecular formula is C17H21N3. The lowest BCUT2D eigenvalue weighted by Gasteiger charge is -2.23. The number of fused-ring (bicyclic) bond motifs is 1. The number of hydrogen-bond acceptors (Lipinski definition) is 3. The summed E-state index contributed by atoms with van der Waals surface area (Å²) in [5.74, 6) is 0. The molecule has 3 heteroatoms. The quantitative estimate of drug-likeness (QED) is 0.921. The molecule has 0 unspecified atom stereocenters. The van der Waals surface area contributed by atoms with Crippen LogP contribution in [-0.4, -0.2) is 23.5 Å². The standard InChI is InChI=1S/C17H21N3/c1-20(12-14-5-8-18-9-6-14)13-16-4-2-3-15-11-19-10-7-17(15)16/h2-6,8-9,19H,7,10-13H2,1H3. The Morgan fingerprint density at radius 1 is 1.15 bits per heavy atom. The molecule has 3 rings (SSSR count). The Morgan fingerprint density at radius 3 is 2.85 bits per heavy atom. The SMILES string of the molecule is CN(Cc1ccncc1)Cc1cccc2c1CCNC2. The van der Waals surface area contributed by atoms with E-state index in [1.165, 1.54) is 16.7 Å². The van der Waals surface area contributed by atoms with Gasteiger partial charge in [-0.1, -0.05) is 18.2 Å². The van der Waals surface area contributed by atoms with Gasteiger partial charge >= 0.3 is 0 Å². The topological polar surface area (TPSA) is 28.2 Å². The highest BCUT2D eigenvalue weighted by atomic mass is 15.1. The number of benzene rings is 1. The summed E-state index contributed by atoms with van der Waals surface area (Å²) < 4.78 is 0. The molecule has 20 heavy (non-hydrogen) atoms. The first-order valence-electron chi connectivity index (χ1n) is 7.21. The third-order valence-electron chi connectivity index (χ3n) is 3.88. The summed E-state index contributed by atoms with van der Waals surface area (Å²) in [5.41, 5.74) is 5.80. The zero-order valence-corrected chi connectivity index (χ0v) is 12.0. The fourth-order valence-corrected chi connectivity index (χ4v) is 2.91. The molecule has 0 radical (unpaired) electrons. The van der Waals surface area contributed by atoms with Gasteiger partial charge in [-0.05, 0) is 54.4 Å². The molecule has 0 aliphatic carbocycles. The number of rotatable bonds is 4. The molecule has 1 aromatic heterocycles. The van der Waals surface area contributed by atoms with Crippen molar-refractivity contribution in [2.75, 3.05) is 13.6 Å². The van der Waals surface area contributed by atoms with Crippen molar-refractivity contribution in [3.63, 3.8) is 0 Å². The van der Waals surface area contributed by atoms with Gasteiger partial charge in [0.1, 0.15) is 0 Å². The summed E-state index contributed by atoms with van der Waals surface area (Å²) in [4.78, 5) is 6.44. The maximum atomic E-state index is 4.07. The minimum Gasteiger partial charge on any atom is -0.312 e. The number of nitrogens with one attached hydrogen (secondary N) is 1. The van der Waals surface area contributed by atoms with Gasteiger partial charge in [0.15, 0.2) is 0 Å². The van der Waals surface area contributed by atoms with Crippen molar-refractivity contribution in [1.29, 1.82) is 0 Å². The van der Waals surface area contributed by atoms with Crippen molar-refractivity contribution >= 4 is 0 Å². The van der Waals surface area contributed by atoms with E-state index < -0.39 is 0 Å². The monoisotopic (exact) mass is 267 g/mol. The minimum absolute atomic E-state index is 0.963. The molecule has 0 bridgehead atoms. The molecule has 1 N–H and O–H groups in total. The molecule has 3 nitrogen and oxygen atoms in total. The fourth-order valence-electron chi connectivity index (χ4n) is 2.91. The van der Waals surface area contributed by atoms with Gasteiger partial charge in [0.05, 0.1) is 0 Å². The van der Waals surface area contributed by atoms with Crippen molar-refractivity contribution in [1.82, 2.24) is 15.2 Å². The van der Waals surface area contributed by atoms with Gasteiger partial charge < -0.3 is 5.32 Å². The Hall–Kier alpha value is -1.71. The maximum Gasteiger partial charge on any atom is 0.0271 e. The van der Waals surface area contributed by atoms with Crippen molar-refractivity contribution in [3.05, 3.63) is 65.0 Å². The third kappa shape index (κ3) is 3.06. The van der Waals surface area contributed by atoms with Gasteiger partial charge in [-0.15, -0.1) is 0 Å². The highest BCUT2D eigenvalue weighted by molar-refractivity contribution is 5.37. The molecular weight excluding hydrogens is 246 g/mol. The van der Waals surface area contributed by atoms with E-state index in [1.807, 2.05) is 12.4 Å². The number of hydrogen-bond donors (Lipinski definition) is 1. The second-order valence-corrected chi connectivity index (χ2v) is 5.51. The average molecular weight is 267 g/mol. The molecule has 0 saturated heterocycles. The highest BCUT2D eigenvalue weighted by Crippen LogP contribution is 2.20. The van der Waals surface area contributed by atoms with E-state index in [1.54, 1.807) is 5.56 Å². The molecule has 0 atom stereocenters. The van der Waals surface area contributed by atoms with Gasteiger partial charge in [-0.3, -0.25) is 9.88 Å². The van der Waals surface area contributed by atoms with Crippen LogP contribution in [0.4, 0.5) is 0 Å². The summed E-state index contributed by atoms with van der Waals surface area (Å²) in [6.45, 7) is 4.07. The van der Waals surface area contributed by atoms with Crippen LogP contribution in [0.15, 0.2) is 42.7 Å². The van der Waals surface area contributed by atoms with Gasteiger partial charge in [-0.25, -0.2) is 0 Å². The number of aromatic nitrogens is 1. The predicted octanol–water partition coefficient (Wildman–Crippen LogP) is 2.36. The molecule has 104 valence electrons. The highest BCUT2D eigenvalue weighted by Gasteiger charge is 2.13. The summed E-state index contributed by atoms with van der Waals surface area (Å²) in [7, 11) is 2.18. The Labute approximate surface area is 120 Å². The van der Waals surface area contributed by atoms with E-state index in [9.17, 15) is 0 Å². The van der Waals surface area contributed by atoms with E-state index >= 15 is 0 Å². The minimum atomic E-state index is 0.963. The number of nitrogens with zero attached hydrogens (tertiary/aromatic N) is 2. The largest absolute Gasteiger partial charge is 0.312 e. The van der Waals surface area contributed by atoms with Crippen LogP contribution in [-0.2, 0) is 26.1 Å². The predicted molar refractivity (Wildman–Crippen MR) is 81.3 cm³/mol. The van der Waals surface area contributed by atoms with E-state index in [-0.39, 0.29) is 0 Å². The van der Waals surface area contributed by atoms with Crippen molar-refractivity contribution in [2.45, 2.75) is 26.1 Å². The Morgan fingerprint density at radius 2 is 2.00 bits per heavy atom. The first kappa shape index (κ1) is 13.3. The first-order chi connectivity index (χ1) is 9.83. The third-order valence-corrected chi connectivity index (χ3v) is 3.88. The van der Waals surface area contributed by atoms with Crippen LogP contribution in [0.1, 0.15) is 22.3 Å². The van der Waals surface area contributed by atoms with E-state index in [2.05, 4.69) is 52.6 Å². The van der Waals surface area contributed by atoms with Crippen LogP contribution >= 0.6 is 0 Å². The molecule has 2 aromatic rings. The lowest BCUT2D eigenvalue weighted by Crippen LogP contribution is -2.26. The lowest BCUT2D eigenvalue weighted by atomic mass is 9.95. The van der Waals surface area contributed by atoms with Gasteiger partial charge in [0.2, 0.25) is 0 Å². The molecule has 0 saturated carbocycles. The fraction of sp³-hybridized carbons (Fsp3) is 0.353. The molecule has 0 fully saturated rings. The first-order valence-corrected chi connectivity index (χ1v) is 7.21. The normalized spacial score (nSPS) is 14.3. The molecule has 1 aliphatic rings. The molecule has 1 aliphatic heterocycles. The van der Waals surface area contributed by atoms with Crippen LogP contribution < -0.4 is 5.32 Å². The van der Waals surface area contributed by atoms with Gasteiger partial charge in [0.25, 0.3) is 0 Å². The van der Waals surface area contributed by atoms with E-state index in [4.69, 9.17) is 0 Å². The lowest BCUT2D eigenvalue weighted by molar-refractivity contribution is 0.317. The molecule has 0 spiro atoms. The summed E-state index contributed by atoms with van der Waals surface area (Å²) in [6.07, 6.45) is 4.87. The second kappa shape index (κ2) is 6.16. The molecule has 2 heterocycles. The zero-order valence-electron chi connectivity index (χ0n) is 12.0. The number of pyridine rings is 1. The second-order valence-electron chi connectivity index (χ2n) is 5.51. The Kier molecular flexibility index (Phi) is 4.09. The van der Waals surface area contributed by atoms with Crippen LogP contribution in [0.2, 0.25) is 0 Å².